The number of phenols is 2. The average molecular weight is 289 g/mol. The minimum absolute atomic E-state index is 0.125. The summed E-state index contributed by atoms with van der Waals surface area (Å²) in [5, 5.41) is 22.3. The summed E-state index contributed by atoms with van der Waals surface area (Å²) in [5.74, 6) is -2.71. The third-order valence-corrected chi connectivity index (χ3v) is 3.05. The lowest BCUT2D eigenvalue weighted by molar-refractivity contribution is 0.0596. The second-order valence-electron chi connectivity index (χ2n) is 4.44. The highest BCUT2D eigenvalue weighted by molar-refractivity contribution is 6.02. The first-order valence-corrected chi connectivity index (χ1v) is 6.36. The fourth-order valence-corrected chi connectivity index (χ4v) is 1.94. The molecule has 110 valence electrons. The standard InChI is InChI=1S/C15H15NO5/c1-21-15(20)11-8-7-10(12(17)13(11)18)14(19)16-9-5-3-2-4-6-9/h3,5-8,17-18H,2,4H2,1H3,(H,16,19). The van der Waals surface area contributed by atoms with Crippen molar-refractivity contribution in [3.63, 3.8) is 0 Å². The molecule has 0 unspecified atom stereocenters. The van der Waals surface area contributed by atoms with Gasteiger partial charge in [0.1, 0.15) is 5.56 Å². The molecule has 0 spiro atoms. The van der Waals surface area contributed by atoms with E-state index in [2.05, 4.69) is 10.1 Å². The molecule has 1 aromatic carbocycles. The first-order valence-electron chi connectivity index (χ1n) is 6.36. The number of esters is 1. The van der Waals surface area contributed by atoms with Crippen molar-refractivity contribution in [1.29, 1.82) is 0 Å². The van der Waals surface area contributed by atoms with E-state index in [1.807, 2.05) is 12.2 Å². The van der Waals surface area contributed by atoms with Crippen LogP contribution in [0.1, 0.15) is 33.6 Å². The molecule has 21 heavy (non-hydrogen) atoms. The Balaban J connectivity index is 2.26. The van der Waals surface area contributed by atoms with Gasteiger partial charge in [0.05, 0.1) is 12.7 Å². The number of carbonyl (C=O) groups excluding carboxylic acids is 2. The summed E-state index contributed by atoms with van der Waals surface area (Å²) in [5.41, 5.74) is 0.297. The summed E-state index contributed by atoms with van der Waals surface area (Å²) in [6.45, 7) is 0. The summed E-state index contributed by atoms with van der Waals surface area (Å²) in [7, 11) is 1.15. The van der Waals surface area contributed by atoms with Gasteiger partial charge in [-0.25, -0.2) is 4.79 Å². The highest BCUT2D eigenvalue weighted by Crippen LogP contribution is 2.33. The van der Waals surface area contributed by atoms with E-state index in [0.29, 0.717) is 5.70 Å². The molecular weight excluding hydrogens is 274 g/mol. The maximum absolute atomic E-state index is 12.1. The van der Waals surface area contributed by atoms with Gasteiger partial charge in [-0.15, -0.1) is 0 Å². The van der Waals surface area contributed by atoms with Gasteiger partial charge in [0.25, 0.3) is 5.91 Å². The third-order valence-electron chi connectivity index (χ3n) is 3.05. The minimum Gasteiger partial charge on any atom is -0.504 e. The Bertz CT molecular complexity index is 646. The molecule has 0 heterocycles. The van der Waals surface area contributed by atoms with Crippen molar-refractivity contribution in [2.45, 2.75) is 12.8 Å². The summed E-state index contributed by atoms with van der Waals surface area (Å²) < 4.78 is 4.47. The van der Waals surface area contributed by atoms with E-state index in [4.69, 9.17) is 0 Å². The van der Waals surface area contributed by atoms with Gasteiger partial charge in [-0.1, -0.05) is 12.2 Å². The number of rotatable bonds is 3. The molecule has 6 heteroatoms. The lowest BCUT2D eigenvalue weighted by Crippen LogP contribution is -2.22. The highest BCUT2D eigenvalue weighted by Gasteiger charge is 2.21. The van der Waals surface area contributed by atoms with Crippen LogP contribution >= 0.6 is 0 Å². The number of hydrogen-bond acceptors (Lipinski definition) is 5. The molecule has 0 radical (unpaired) electrons. The lowest BCUT2D eigenvalue weighted by Gasteiger charge is -2.12. The smallest absolute Gasteiger partial charge is 0.341 e. The summed E-state index contributed by atoms with van der Waals surface area (Å²) >= 11 is 0. The molecule has 0 aliphatic heterocycles. The fraction of sp³-hybridized carbons (Fsp3) is 0.200. The average Bonchev–Trinajstić information content (AvgIpc) is 2.50. The Morgan fingerprint density at radius 1 is 1.14 bits per heavy atom. The molecule has 3 N–H and O–H groups in total. The molecule has 0 bridgehead atoms. The third kappa shape index (κ3) is 3.05. The van der Waals surface area contributed by atoms with Gasteiger partial charge in [0, 0.05) is 5.70 Å². The van der Waals surface area contributed by atoms with Crippen LogP contribution in [0, 0.1) is 0 Å². The summed E-state index contributed by atoms with van der Waals surface area (Å²) in [6.07, 6.45) is 7.29. The van der Waals surface area contributed by atoms with Crippen molar-refractivity contribution in [1.82, 2.24) is 5.32 Å². The number of ether oxygens (including phenoxy) is 1. The predicted octanol–water partition coefficient (Wildman–Crippen LogP) is 1.85. The van der Waals surface area contributed by atoms with Gasteiger partial charge >= 0.3 is 5.97 Å². The molecule has 2 rings (SSSR count). The lowest BCUT2D eigenvalue weighted by atomic mass is 10.1. The van der Waals surface area contributed by atoms with Crippen LogP contribution < -0.4 is 5.32 Å². The molecular formula is C15H15NO5. The zero-order valence-corrected chi connectivity index (χ0v) is 11.4. The van der Waals surface area contributed by atoms with Crippen molar-refractivity contribution in [3.05, 3.63) is 47.2 Å². The number of amides is 1. The van der Waals surface area contributed by atoms with Crippen molar-refractivity contribution in [3.8, 4) is 11.5 Å². The molecule has 1 aliphatic rings. The number of nitrogens with one attached hydrogen (secondary N) is 1. The van der Waals surface area contributed by atoms with Crippen LogP contribution in [0.25, 0.3) is 0 Å². The van der Waals surface area contributed by atoms with Gasteiger partial charge in [-0.2, -0.15) is 0 Å². The van der Waals surface area contributed by atoms with Crippen LogP contribution in [0.5, 0.6) is 11.5 Å². The number of hydrogen-bond donors (Lipinski definition) is 3. The highest BCUT2D eigenvalue weighted by atomic mass is 16.5. The van der Waals surface area contributed by atoms with E-state index in [9.17, 15) is 19.8 Å². The number of aromatic hydroxyl groups is 2. The molecule has 1 amide bonds. The van der Waals surface area contributed by atoms with Gasteiger partial charge in [-0.05, 0) is 31.1 Å². The van der Waals surface area contributed by atoms with Crippen molar-refractivity contribution in [2.24, 2.45) is 0 Å². The quantitative estimate of drug-likeness (QED) is 0.583. The van der Waals surface area contributed by atoms with Crippen molar-refractivity contribution >= 4 is 11.9 Å². The second-order valence-corrected chi connectivity index (χ2v) is 4.44. The Hall–Kier alpha value is -2.76. The molecule has 0 atom stereocenters. The molecule has 0 saturated carbocycles. The maximum atomic E-state index is 12.1. The first-order chi connectivity index (χ1) is 10.0. The largest absolute Gasteiger partial charge is 0.504 e. The first kappa shape index (κ1) is 14.6. The number of phenolic OH excluding ortho intramolecular Hbond substituents is 2. The Morgan fingerprint density at radius 3 is 2.43 bits per heavy atom. The van der Waals surface area contributed by atoms with E-state index in [1.165, 1.54) is 12.1 Å². The van der Waals surface area contributed by atoms with Gasteiger partial charge in [0.2, 0.25) is 0 Å². The second kappa shape index (κ2) is 6.13. The Morgan fingerprint density at radius 2 is 1.81 bits per heavy atom. The molecule has 1 aromatic rings. The molecule has 6 nitrogen and oxygen atoms in total. The van der Waals surface area contributed by atoms with Gasteiger partial charge in [0.15, 0.2) is 11.5 Å². The van der Waals surface area contributed by atoms with Crippen molar-refractivity contribution < 1.29 is 24.5 Å². The van der Waals surface area contributed by atoms with Crippen LogP contribution in [-0.2, 0) is 4.74 Å². The van der Waals surface area contributed by atoms with Gasteiger partial charge < -0.3 is 20.3 Å². The number of methoxy groups -OCH3 is 1. The minimum atomic E-state index is -0.798. The number of benzene rings is 1. The molecule has 1 aliphatic carbocycles. The maximum Gasteiger partial charge on any atom is 0.341 e. The SMILES string of the molecule is COC(=O)c1ccc(C(=O)NC2=CCCC=C2)c(O)c1O. The van der Waals surface area contributed by atoms with E-state index in [0.717, 1.165) is 20.0 Å². The Labute approximate surface area is 121 Å². The van der Waals surface area contributed by atoms with Crippen LogP contribution in [0.15, 0.2) is 36.1 Å². The number of carbonyl (C=O) groups is 2. The van der Waals surface area contributed by atoms with Crippen LogP contribution in [-0.4, -0.2) is 29.2 Å². The van der Waals surface area contributed by atoms with Crippen LogP contribution in [0.4, 0.5) is 0 Å². The zero-order valence-electron chi connectivity index (χ0n) is 11.4. The number of allylic oxidation sites excluding steroid dienone is 3. The normalized spacial score (nSPS) is 13.5. The Kier molecular flexibility index (Phi) is 4.27. The van der Waals surface area contributed by atoms with Gasteiger partial charge in [-0.3, -0.25) is 4.79 Å². The fourth-order valence-electron chi connectivity index (χ4n) is 1.94. The van der Waals surface area contributed by atoms with E-state index in [-0.39, 0.29) is 11.1 Å². The van der Waals surface area contributed by atoms with Crippen LogP contribution in [0.2, 0.25) is 0 Å². The zero-order chi connectivity index (χ0) is 15.4. The van der Waals surface area contributed by atoms with Crippen LogP contribution in [0.3, 0.4) is 0 Å². The van der Waals surface area contributed by atoms with E-state index in [1.54, 1.807) is 6.08 Å². The molecule has 0 aromatic heterocycles. The topological polar surface area (TPSA) is 95.9 Å². The monoisotopic (exact) mass is 289 g/mol. The van der Waals surface area contributed by atoms with Crippen molar-refractivity contribution in [2.75, 3.05) is 7.11 Å². The van der Waals surface area contributed by atoms with E-state index >= 15 is 0 Å². The summed E-state index contributed by atoms with van der Waals surface area (Å²) in [6, 6.07) is 2.48. The predicted molar refractivity (Wildman–Crippen MR) is 75.0 cm³/mol. The van der Waals surface area contributed by atoms with E-state index < -0.39 is 23.4 Å². The summed E-state index contributed by atoms with van der Waals surface area (Å²) in [4.78, 5) is 23.4. The molecule has 0 saturated heterocycles. The molecule has 0 fully saturated rings.